The third-order valence-electron chi connectivity index (χ3n) is 7.63. The van der Waals surface area contributed by atoms with Crippen LogP contribution in [0, 0.1) is 0 Å². The Morgan fingerprint density at radius 3 is 2.38 bits per heavy atom. The zero-order chi connectivity index (χ0) is 31.7. The number of hydrogen-bond acceptors (Lipinski definition) is 8. The van der Waals surface area contributed by atoms with Gasteiger partial charge in [0.25, 0.3) is 0 Å². The van der Waals surface area contributed by atoms with Crippen LogP contribution in [0.5, 0.6) is 5.75 Å². The van der Waals surface area contributed by atoms with Crippen LogP contribution in [0.25, 0.3) is 22.4 Å². The number of amides is 2. The minimum atomic E-state index is -4.53. The summed E-state index contributed by atoms with van der Waals surface area (Å²) in [6.07, 6.45) is -4.16. The molecule has 2 aromatic heterocycles. The van der Waals surface area contributed by atoms with Crippen LogP contribution in [0.4, 0.5) is 39.5 Å². The fourth-order valence-electron chi connectivity index (χ4n) is 5.49. The summed E-state index contributed by atoms with van der Waals surface area (Å²) in [6, 6.07) is 12.2. The lowest BCUT2D eigenvalue weighted by Gasteiger charge is -2.35. The molecule has 4 aromatic rings. The molecular formula is C30H32F4N8O3. The standard InChI is InChI=1S/C30H32F4N8O3/c1-40(2)11-12-45-22-9-7-20(8-10-22)37-29(43)36-19-5-3-18(4-6-19)26-38-27-23(14-35-41(27)17-30(32,33)34)28(39-26)42-21-13-24(31)25(42)16-44-15-21/h3-10,14,21,24-25H,11-13,15-17H2,1-2H3,(H2,36,37,43). The summed E-state index contributed by atoms with van der Waals surface area (Å²) in [5.41, 5.74) is 1.52. The van der Waals surface area contributed by atoms with E-state index in [2.05, 4.69) is 20.7 Å². The number of carbonyl (C=O) groups excluding carboxylic acids is 1. The van der Waals surface area contributed by atoms with E-state index in [4.69, 9.17) is 14.5 Å². The third-order valence-corrected chi connectivity index (χ3v) is 7.63. The summed E-state index contributed by atoms with van der Waals surface area (Å²) in [4.78, 5) is 25.6. The first-order valence-corrected chi connectivity index (χ1v) is 14.4. The SMILES string of the molecule is CN(C)CCOc1ccc(NC(=O)Nc2ccc(-c3nc(N4C5COCC4C(F)C5)c4cnn(CC(F)(F)F)c4n3)cc2)cc1. The number of halogens is 4. The van der Waals surface area contributed by atoms with Gasteiger partial charge < -0.3 is 29.9 Å². The van der Waals surface area contributed by atoms with Crippen molar-refractivity contribution in [2.45, 2.75) is 37.4 Å². The van der Waals surface area contributed by atoms with Gasteiger partial charge in [0, 0.05) is 29.9 Å². The Kier molecular flexibility index (Phi) is 8.46. The van der Waals surface area contributed by atoms with Gasteiger partial charge in [0.05, 0.1) is 36.9 Å². The molecule has 2 bridgehead atoms. The second-order valence-corrected chi connectivity index (χ2v) is 11.3. The molecule has 2 aromatic carbocycles. The van der Waals surface area contributed by atoms with Crippen LogP contribution in [0.2, 0.25) is 0 Å². The number of urea groups is 1. The molecule has 2 N–H and O–H groups in total. The lowest BCUT2D eigenvalue weighted by Crippen LogP contribution is -2.48. The summed E-state index contributed by atoms with van der Waals surface area (Å²) in [6.45, 7) is 0.413. The molecule has 4 heterocycles. The van der Waals surface area contributed by atoms with Crippen LogP contribution in [-0.4, -0.2) is 95.6 Å². The van der Waals surface area contributed by atoms with Gasteiger partial charge in [0.1, 0.15) is 30.9 Å². The number of rotatable bonds is 9. The number of nitrogens with zero attached hydrogens (tertiary/aromatic N) is 6. The monoisotopic (exact) mass is 628 g/mol. The number of nitrogens with one attached hydrogen (secondary N) is 2. The highest BCUT2D eigenvalue weighted by atomic mass is 19.4. The molecule has 2 aliphatic heterocycles. The van der Waals surface area contributed by atoms with Gasteiger partial charge in [-0.3, -0.25) is 0 Å². The first-order chi connectivity index (χ1) is 21.5. The molecule has 2 amide bonds. The zero-order valence-electron chi connectivity index (χ0n) is 24.6. The third kappa shape index (κ3) is 6.93. The van der Waals surface area contributed by atoms with Crippen LogP contribution < -0.4 is 20.3 Å². The van der Waals surface area contributed by atoms with E-state index in [0.29, 0.717) is 40.5 Å². The molecule has 2 saturated heterocycles. The number of fused-ring (bicyclic) bond motifs is 3. The van der Waals surface area contributed by atoms with Crippen molar-refractivity contribution in [2.24, 2.45) is 0 Å². The number of anilines is 3. The number of carbonyl (C=O) groups is 1. The normalized spacial score (nSPS) is 19.7. The van der Waals surface area contributed by atoms with Crippen LogP contribution >= 0.6 is 0 Å². The second kappa shape index (κ2) is 12.5. The molecule has 3 atom stereocenters. The maximum absolute atomic E-state index is 14.9. The van der Waals surface area contributed by atoms with E-state index < -0.39 is 31.0 Å². The minimum absolute atomic E-state index is 0.00989. The lowest BCUT2D eigenvalue weighted by atomic mass is 10.1. The molecule has 45 heavy (non-hydrogen) atoms. The molecule has 15 heteroatoms. The van der Waals surface area contributed by atoms with Crippen molar-refractivity contribution in [3.8, 4) is 17.1 Å². The highest BCUT2D eigenvalue weighted by molar-refractivity contribution is 6.00. The first-order valence-electron chi connectivity index (χ1n) is 14.4. The van der Waals surface area contributed by atoms with E-state index in [1.54, 1.807) is 53.4 Å². The number of benzene rings is 2. The number of aromatic nitrogens is 4. The van der Waals surface area contributed by atoms with Gasteiger partial charge in [-0.2, -0.15) is 18.3 Å². The van der Waals surface area contributed by atoms with Crippen molar-refractivity contribution in [2.75, 3.05) is 56.0 Å². The molecular weight excluding hydrogens is 596 g/mol. The molecule has 0 aliphatic carbocycles. The fraction of sp³-hybridized carbons (Fsp3) is 0.400. The topological polar surface area (TPSA) is 110 Å². The van der Waals surface area contributed by atoms with Crippen LogP contribution in [-0.2, 0) is 11.3 Å². The molecule has 238 valence electrons. The fourth-order valence-corrected chi connectivity index (χ4v) is 5.49. The Labute approximate surface area is 256 Å². The maximum Gasteiger partial charge on any atom is 0.408 e. The van der Waals surface area contributed by atoms with Gasteiger partial charge in [-0.1, -0.05) is 0 Å². The maximum atomic E-state index is 14.9. The smallest absolute Gasteiger partial charge is 0.408 e. The van der Waals surface area contributed by atoms with E-state index in [1.165, 1.54) is 6.20 Å². The molecule has 2 aliphatic rings. The number of alkyl halides is 4. The Balaban J connectivity index is 1.20. The van der Waals surface area contributed by atoms with Crippen molar-refractivity contribution >= 4 is 34.3 Å². The molecule has 0 saturated carbocycles. The van der Waals surface area contributed by atoms with Crippen molar-refractivity contribution in [1.82, 2.24) is 24.6 Å². The van der Waals surface area contributed by atoms with Gasteiger partial charge in [-0.25, -0.2) is 23.8 Å². The van der Waals surface area contributed by atoms with Gasteiger partial charge in [0.15, 0.2) is 11.5 Å². The highest BCUT2D eigenvalue weighted by Gasteiger charge is 2.46. The Bertz CT molecular complexity index is 1650. The van der Waals surface area contributed by atoms with E-state index in [1.807, 2.05) is 19.0 Å². The van der Waals surface area contributed by atoms with Crippen molar-refractivity contribution < 1.29 is 31.8 Å². The van der Waals surface area contributed by atoms with Crippen LogP contribution in [0.3, 0.4) is 0 Å². The van der Waals surface area contributed by atoms with Crippen molar-refractivity contribution in [3.63, 3.8) is 0 Å². The van der Waals surface area contributed by atoms with Crippen LogP contribution in [0.15, 0.2) is 54.7 Å². The Hall–Kier alpha value is -4.50. The quantitative estimate of drug-likeness (QED) is 0.251. The molecule has 3 unspecified atom stereocenters. The predicted molar refractivity (Wildman–Crippen MR) is 160 cm³/mol. The van der Waals surface area contributed by atoms with E-state index >= 15 is 0 Å². The van der Waals surface area contributed by atoms with Crippen LogP contribution in [0.1, 0.15) is 6.42 Å². The number of likely N-dealkylation sites (N-methyl/N-ethyl adjacent to an activating group) is 1. The average Bonchev–Trinajstić information content (AvgIpc) is 3.46. The summed E-state index contributed by atoms with van der Waals surface area (Å²) in [7, 11) is 3.92. The number of ether oxygens (including phenoxy) is 2. The summed E-state index contributed by atoms with van der Waals surface area (Å²) >= 11 is 0. The summed E-state index contributed by atoms with van der Waals surface area (Å²) in [5, 5.41) is 9.75. The van der Waals surface area contributed by atoms with E-state index in [9.17, 15) is 22.4 Å². The lowest BCUT2D eigenvalue weighted by molar-refractivity contribution is -0.141. The molecule has 2 fully saturated rings. The van der Waals surface area contributed by atoms with E-state index in [-0.39, 0.29) is 37.1 Å². The van der Waals surface area contributed by atoms with Gasteiger partial charge >= 0.3 is 12.2 Å². The summed E-state index contributed by atoms with van der Waals surface area (Å²) < 4.78 is 66.9. The number of morpholine rings is 1. The highest BCUT2D eigenvalue weighted by Crippen LogP contribution is 2.39. The van der Waals surface area contributed by atoms with Gasteiger partial charge in [0.2, 0.25) is 0 Å². The van der Waals surface area contributed by atoms with Crippen molar-refractivity contribution in [3.05, 3.63) is 54.7 Å². The van der Waals surface area contributed by atoms with Gasteiger partial charge in [-0.05, 0) is 62.6 Å². The molecule has 11 nitrogen and oxygen atoms in total. The summed E-state index contributed by atoms with van der Waals surface area (Å²) in [5.74, 6) is 1.15. The Morgan fingerprint density at radius 2 is 1.73 bits per heavy atom. The number of hydrogen-bond donors (Lipinski definition) is 2. The van der Waals surface area contributed by atoms with Crippen molar-refractivity contribution in [1.29, 1.82) is 0 Å². The second-order valence-electron chi connectivity index (χ2n) is 11.3. The van der Waals surface area contributed by atoms with Gasteiger partial charge in [-0.15, -0.1) is 0 Å². The predicted octanol–water partition coefficient (Wildman–Crippen LogP) is 4.96. The van der Waals surface area contributed by atoms with E-state index in [0.717, 1.165) is 11.2 Å². The largest absolute Gasteiger partial charge is 0.492 e. The zero-order valence-corrected chi connectivity index (χ0v) is 24.6. The first kappa shape index (κ1) is 30.5. The molecule has 0 spiro atoms. The average molecular weight is 629 g/mol. The molecule has 6 rings (SSSR count). The Morgan fingerprint density at radius 1 is 1.04 bits per heavy atom. The minimum Gasteiger partial charge on any atom is -0.492 e. The molecule has 0 radical (unpaired) electrons.